The first-order valence-corrected chi connectivity index (χ1v) is 7.45. The fourth-order valence-electron chi connectivity index (χ4n) is 2.95. The van der Waals surface area contributed by atoms with Crippen LogP contribution in [0.5, 0.6) is 0 Å². The van der Waals surface area contributed by atoms with Crippen molar-refractivity contribution in [2.24, 2.45) is 5.92 Å². The zero-order valence-corrected chi connectivity index (χ0v) is 12.3. The van der Waals surface area contributed by atoms with Gasteiger partial charge in [0.1, 0.15) is 11.6 Å². The first-order chi connectivity index (χ1) is 9.97. The summed E-state index contributed by atoms with van der Waals surface area (Å²) in [5, 5.41) is 22.8. The van der Waals surface area contributed by atoms with Crippen LogP contribution in [0.2, 0.25) is 0 Å². The number of nitrogens with one attached hydrogen (secondary N) is 1. The van der Waals surface area contributed by atoms with Crippen molar-refractivity contribution in [2.45, 2.75) is 44.2 Å². The highest BCUT2D eigenvalue weighted by atomic mass is 19.1. The summed E-state index contributed by atoms with van der Waals surface area (Å²) >= 11 is 0. The van der Waals surface area contributed by atoms with Crippen molar-refractivity contribution in [3.8, 4) is 0 Å². The van der Waals surface area contributed by atoms with Crippen LogP contribution < -0.4 is 5.32 Å². The number of halogens is 2. The summed E-state index contributed by atoms with van der Waals surface area (Å²) in [5.41, 5.74) is -0.767. The first-order valence-electron chi connectivity index (χ1n) is 7.45. The maximum absolute atomic E-state index is 13.6. The number of hydrogen-bond donors (Lipinski definition) is 3. The third-order valence-corrected chi connectivity index (χ3v) is 4.54. The predicted octanol–water partition coefficient (Wildman–Crippen LogP) is 2.53. The van der Waals surface area contributed by atoms with Crippen LogP contribution in [0.15, 0.2) is 18.2 Å². The van der Waals surface area contributed by atoms with E-state index >= 15 is 0 Å². The van der Waals surface area contributed by atoms with Gasteiger partial charge in [-0.15, -0.1) is 0 Å². The Morgan fingerprint density at radius 1 is 1.29 bits per heavy atom. The van der Waals surface area contributed by atoms with Crippen LogP contribution in [0.1, 0.15) is 44.3 Å². The van der Waals surface area contributed by atoms with Gasteiger partial charge in [0, 0.05) is 12.1 Å². The van der Waals surface area contributed by atoms with Crippen LogP contribution in [-0.2, 0) is 0 Å². The second-order valence-corrected chi connectivity index (χ2v) is 6.15. The molecule has 5 heteroatoms. The van der Waals surface area contributed by atoms with Gasteiger partial charge in [-0.05, 0) is 43.7 Å². The lowest BCUT2D eigenvalue weighted by atomic mass is 9.77. The van der Waals surface area contributed by atoms with E-state index in [1.54, 1.807) is 0 Å². The average Bonchev–Trinajstić information content (AvgIpc) is 2.47. The quantitative estimate of drug-likeness (QED) is 0.783. The number of hydrogen-bond acceptors (Lipinski definition) is 3. The monoisotopic (exact) mass is 299 g/mol. The summed E-state index contributed by atoms with van der Waals surface area (Å²) in [6.45, 7) is 2.16. The van der Waals surface area contributed by atoms with Gasteiger partial charge in [-0.3, -0.25) is 0 Å². The molecular weight excluding hydrogens is 276 g/mol. The second-order valence-electron chi connectivity index (χ2n) is 6.15. The number of rotatable bonds is 5. The van der Waals surface area contributed by atoms with E-state index < -0.39 is 23.3 Å². The van der Waals surface area contributed by atoms with Gasteiger partial charge in [0.2, 0.25) is 0 Å². The second kappa shape index (κ2) is 6.81. The minimum Gasteiger partial charge on any atom is -0.394 e. The Bertz CT molecular complexity index is 453. The van der Waals surface area contributed by atoms with Gasteiger partial charge in [-0.25, -0.2) is 8.78 Å². The molecule has 3 nitrogen and oxygen atoms in total. The van der Waals surface area contributed by atoms with Crippen LogP contribution in [-0.4, -0.2) is 28.9 Å². The molecule has 1 unspecified atom stereocenters. The van der Waals surface area contributed by atoms with Crippen molar-refractivity contribution < 1.29 is 19.0 Å². The molecule has 0 saturated heterocycles. The lowest BCUT2D eigenvalue weighted by Gasteiger charge is -2.39. The fraction of sp³-hybridized carbons (Fsp3) is 0.625. The molecule has 0 heterocycles. The molecule has 1 aliphatic carbocycles. The molecule has 1 fully saturated rings. The van der Waals surface area contributed by atoms with Crippen molar-refractivity contribution in [1.29, 1.82) is 0 Å². The van der Waals surface area contributed by atoms with Crippen LogP contribution in [0, 0.1) is 17.6 Å². The van der Waals surface area contributed by atoms with Gasteiger partial charge in [0.25, 0.3) is 0 Å². The highest BCUT2D eigenvalue weighted by Gasteiger charge is 2.34. The van der Waals surface area contributed by atoms with E-state index in [9.17, 15) is 19.0 Å². The molecule has 0 bridgehead atoms. The van der Waals surface area contributed by atoms with E-state index in [2.05, 4.69) is 12.2 Å². The molecule has 1 aromatic rings. The van der Waals surface area contributed by atoms with Crippen LogP contribution in [0.4, 0.5) is 8.78 Å². The standard InChI is InChI=1S/C16H23F2NO2/c1-11-5-7-16(10-20,8-6-11)19-9-14(21)15-12(17)3-2-4-13(15)18/h2-4,11,14,19-21H,5-10H2,1H3. The smallest absolute Gasteiger partial charge is 0.131 e. The lowest BCUT2D eigenvalue weighted by molar-refractivity contribution is 0.0817. The summed E-state index contributed by atoms with van der Waals surface area (Å²) < 4.78 is 27.2. The SMILES string of the molecule is CC1CCC(CO)(NCC(O)c2c(F)cccc2F)CC1. The molecule has 118 valence electrons. The zero-order chi connectivity index (χ0) is 15.5. The van der Waals surface area contributed by atoms with Crippen molar-refractivity contribution in [1.82, 2.24) is 5.32 Å². The minimum atomic E-state index is -1.27. The van der Waals surface area contributed by atoms with Crippen molar-refractivity contribution in [3.05, 3.63) is 35.4 Å². The van der Waals surface area contributed by atoms with Crippen LogP contribution >= 0.6 is 0 Å². The Kier molecular flexibility index (Phi) is 5.30. The lowest BCUT2D eigenvalue weighted by Crippen LogP contribution is -2.52. The third kappa shape index (κ3) is 3.78. The van der Waals surface area contributed by atoms with Crippen molar-refractivity contribution >= 4 is 0 Å². The summed E-state index contributed by atoms with van der Waals surface area (Å²) in [5.74, 6) is -0.875. The van der Waals surface area contributed by atoms with E-state index in [1.165, 1.54) is 6.07 Å². The number of β-amino-alcohol motifs (C(OH)–C–C–N with tert-alkyl or cyclic N) is 1. The van der Waals surface area contributed by atoms with Gasteiger partial charge in [0.15, 0.2) is 0 Å². The molecule has 2 rings (SSSR count). The van der Waals surface area contributed by atoms with Crippen molar-refractivity contribution in [3.63, 3.8) is 0 Å². The molecule has 0 aromatic heterocycles. The average molecular weight is 299 g/mol. The Morgan fingerprint density at radius 3 is 2.38 bits per heavy atom. The molecule has 1 saturated carbocycles. The van der Waals surface area contributed by atoms with Crippen molar-refractivity contribution in [2.75, 3.05) is 13.2 Å². The normalized spacial score (nSPS) is 27.6. The fourth-order valence-corrected chi connectivity index (χ4v) is 2.95. The van der Waals surface area contributed by atoms with E-state index in [1.807, 2.05) is 0 Å². The largest absolute Gasteiger partial charge is 0.394 e. The van der Waals surface area contributed by atoms with Crippen LogP contribution in [0.3, 0.4) is 0 Å². The molecule has 0 radical (unpaired) electrons. The van der Waals surface area contributed by atoms with Gasteiger partial charge < -0.3 is 15.5 Å². The van der Waals surface area contributed by atoms with Gasteiger partial charge in [-0.2, -0.15) is 0 Å². The van der Waals surface area contributed by atoms with Gasteiger partial charge in [-0.1, -0.05) is 13.0 Å². The molecule has 1 atom stereocenters. The topological polar surface area (TPSA) is 52.5 Å². The Balaban J connectivity index is 2.01. The molecule has 0 spiro atoms. The first kappa shape index (κ1) is 16.3. The summed E-state index contributed by atoms with van der Waals surface area (Å²) in [7, 11) is 0. The molecule has 21 heavy (non-hydrogen) atoms. The number of aliphatic hydroxyl groups excluding tert-OH is 2. The molecular formula is C16H23F2NO2. The molecule has 0 amide bonds. The van der Waals surface area contributed by atoms with E-state index in [4.69, 9.17) is 0 Å². The van der Waals surface area contributed by atoms with Gasteiger partial charge >= 0.3 is 0 Å². The highest BCUT2D eigenvalue weighted by Crippen LogP contribution is 2.32. The maximum Gasteiger partial charge on any atom is 0.131 e. The molecule has 1 aromatic carbocycles. The van der Waals surface area contributed by atoms with Gasteiger partial charge in [0.05, 0.1) is 18.3 Å². The Morgan fingerprint density at radius 2 is 1.86 bits per heavy atom. The number of benzene rings is 1. The highest BCUT2D eigenvalue weighted by molar-refractivity contribution is 5.22. The molecule has 1 aliphatic rings. The van der Waals surface area contributed by atoms with E-state index in [0.29, 0.717) is 5.92 Å². The van der Waals surface area contributed by atoms with E-state index in [-0.39, 0.29) is 18.7 Å². The predicted molar refractivity (Wildman–Crippen MR) is 76.8 cm³/mol. The molecule has 0 aliphatic heterocycles. The van der Waals surface area contributed by atoms with E-state index in [0.717, 1.165) is 37.8 Å². The Labute approximate surface area is 124 Å². The summed E-state index contributed by atoms with van der Waals surface area (Å²) in [4.78, 5) is 0. The zero-order valence-electron chi connectivity index (χ0n) is 12.3. The third-order valence-electron chi connectivity index (χ3n) is 4.54. The van der Waals surface area contributed by atoms with Crippen LogP contribution in [0.25, 0.3) is 0 Å². The minimum absolute atomic E-state index is 0.0206. The Hall–Kier alpha value is -1.04. The summed E-state index contributed by atoms with van der Waals surface area (Å²) in [6.07, 6.45) is 2.33. The number of aliphatic hydroxyl groups is 2. The maximum atomic E-state index is 13.6. The summed E-state index contributed by atoms with van der Waals surface area (Å²) in [6, 6.07) is 3.53. The molecule has 3 N–H and O–H groups in total.